The molecule has 1 rings (SSSR count). The third-order valence-electron chi connectivity index (χ3n) is 2.68. The fraction of sp³-hybridized carbons (Fsp3) is 0.500. The molecule has 0 saturated heterocycles. The van der Waals surface area contributed by atoms with E-state index >= 15 is 0 Å². The molecule has 5 heteroatoms. The first-order valence-electron chi connectivity index (χ1n) is 5.68. The minimum absolute atomic E-state index is 0.0899. The highest BCUT2D eigenvalue weighted by Crippen LogP contribution is 2.16. The molecule has 0 bridgehead atoms. The fourth-order valence-corrected chi connectivity index (χ4v) is 2.41. The molecule has 0 amide bonds. The van der Waals surface area contributed by atoms with E-state index in [9.17, 15) is 8.42 Å². The van der Waals surface area contributed by atoms with E-state index in [-0.39, 0.29) is 18.4 Å². The van der Waals surface area contributed by atoms with Gasteiger partial charge in [0.2, 0.25) is 0 Å². The van der Waals surface area contributed by atoms with E-state index in [1.54, 1.807) is 31.2 Å². The molecule has 96 valence electrons. The molecule has 17 heavy (non-hydrogen) atoms. The Balaban J connectivity index is 2.81. The first-order valence-corrected chi connectivity index (χ1v) is 7.33. The van der Waals surface area contributed by atoms with Crippen LogP contribution in [0.1, 0.15) is 25.5 Å². The predicted molar refractivity (Wildman–Crippen MR) is 67.7 cm³/mol. The van der Waals surface area contributed by atoms with Crippen molar-refractivity contribution < 1.29 is 13.5 Å². The van der Waals surface area contributed by atoms with Crippen molar-refractivity contribution in [3.8, 4) is 0 Å². The quantitative estimate of drug-likeness (QED) is 0.801. The van der Waals surface area contributed by atoms with E-state index in [1.165, 1.54) is 0 Å². The van der Waals surface area contributed by atoms with Crippen LogP contribution in [0.4, 0.5) is 0 Å². The van der Waals surface area contributed by atoms with E-state index < -0.39 is 9.84 Å². The Morgan fingerprint density at radius 3 is 2.35 bits per heavy atom. The zero-order valence-electron chi connectivity index (χ0n) is 10.2. The van der Waals surface area contributed by atoms with Crippen molar-refractivity contribution in [3.63, 3.8) is 0 Å². The number of rotatable bonds is 6. The van der Waals surface area contributed by atoms with Crippen LogP contribution in [-0.2, 0) is 9.84 Å². The summed E-state index contributed by atoms with van der Waals surface area (Å²) in [5, 5.41) is 11.8. The smallest absolute Gasteiger partial charge is 0.178 e. The summed E-state index contributed by atoms with van der Waals surface area (Å²) < 4.78 is 23.2. The Labute approximate surface area is 103 Å². The molecule has 1 aromatic rings. The topological polar surface area (TPSA) is 66.4 Å². The molecule has 1 unspecified atom stereocenters. The van der Waals surface area contributed by atoms with Gasteiger partial charge >= 0.3 is 0 Å². The summed E-state index contributed by atoms with van der Waals surface area (Å²) >= 11 is 0. The van der Waals surface area contributed by atoms with Crippen LogP contribution >= 0.6 is 0 Å². The zero-order chi connectivity index (χ0) is 12.9. The van der Waals surface area contributed by atoms with Gasteiger partial charge in [0.05, 0.1) is 17.3 Å². The summed E-state index contributed by atoms with van der Waals surface area (Å²) in [7, 11) is -3.12. The van der Waals surface area contributed by atoms with Crippen LogP contribution in [0.3, 0.4) is 0 Å². The molecule has 0 aliphatic heterocycles. The lowest BCUT2D eigenvalue weighted by Gasteiger charge is -2.13. The first-order chi connectivity index (χ1) is 8.01. The van der Waals surface area contributed by atoms with Crippen LogP contribution in [0.25, 0.3) is 0 Å². The van der Waals surface area contributed by atoms with Crippen LogP contribution in [0.2, 0.25) is 0 Å². The number of hydrogen-bond acceptors (Lipinski definition) is 4. The number of hydrogen-bond donors (Lipinski definition) is 2. The van der Waals surface area contributed by atoms with E-state index in [4.69, 9.17) is 5.11 Å². The molecule has 4 nitrogen and oxygen atoms in total. The van der Waals surface area contributed by atoms with E-state index in [0.717, 1.165) is 5.56 Å². The van der Waals surface area contributed by atoms with Gasteiger partial charge in [-0.3, -0.25) is 0 Å². The normalized spacial score (nSPS) is 13.6. The Kier molecular flexibility index (Phi) is 5.11. The van der Waals surface area contributed by atoms with Gasteiger partial charge in [-0.1, -0.05) is 19.1 Å². The molecular weight excluding hydrogens is 238 g/mol. The number of aliphatic hydroxyl groups excluding tert-OH is 1. The van der Waals surface area contributed by atoms with Gasteiger partial charge in [-0.15, -0.1) is 0 Å². The lowest BCUT2D eigenvalue weighted by Crippen LogP contribution is -2.22. The van der Waals surface area contributed by atoms with Gasteiger partial charge in [0, 0.05) is 12.6 Å². The number of sulfone groups is 1. The lowest BCUT2D eigenvalue weighted by atomic mass is 10.1. The Hall–Kier alpha value is -0.910. The fourth-order valence-electron chi connectivity index (χ4n) is 1.53. The van der Waals surface area contributed by atoms with Crippen LogP contribution in [0, 0.1) is 0 Å². The Bertz CT molecular complexity index is 439. The number of benzene rings is 1. The van der Waals surface area contributed by atoms with Gasteiger partial charge in [-0.25, -0.2) is 8.42 Å². The molecule has 0 fully saturated rings. The second kappa shape index (κ2) is 6.14. The highest BCUT2D eigenvalue weighted by molar-refractivity contribution is 7.91. The molecule has 0 aliphatic carbocycles. The number of nitrogens with one attached hydrogen (secondary N) is 1. The monoisotopic (exact) mass is 257 g/mol. The molecule has 0 spiro atoms. The van der Waals surface area contributed by atoms with E-state index in [2.05, 4.69) is 5.32 Å². The molecule has 0 aromatic heterocycles. The summed E-state index contributed by atoms with van der Waals surface area (Å²) in [6, 6.07) is 6.96. The van der Waals surface area contributed by atoms with Crippen molar-refractivity contribution >= 4 is 9.84 Å². The highest BCUT2D eigenvalue weighted by Gasteiger charge is 2.12. The molecule has 2 N–H and O–H groups in total. The van der Waals surface area contributed by atoms with Crippen molar-refractivity contribution in [2.24, 2.45) is 0 Å². The van der Waals surface area contributed by atoms with Gasteiger partial charge in [-0.2, -0.15) is 0 Å². The average Bonchev–Trinajstić information content (AvgIpc) is 2.36. The zero-order valence-corrected chi connectivity index (χ0v) is 11.0. The maximum atomic E-state index is 11.6. The summed E-state index contributed by atoms with van der Waals surface area (Å²) in [6.45, 7) is 4.22. The average molecular weight is 257 g/mol. The van der Waals surface area contributed by atoms with Crippen LogP contribution in [-0.4, -0.2) is 32.4 Å². The molecule has 0 aliphatic rings. The van der Waals surface area contributed by atoms with Gasteiger partial charge in [-0.05, 0) is 24.6 Å². The van der Waals surface area contributed by atoms with E-state index in [1.807, 2.05) is 6.92 Å². The summed E-state index contributed by atoms with van der Waals surface area (Å²) in [4.78, 5) is 0.359. The third-order valence-corrected chi connectivity index (χ3v) is 4.43. The number of aliphatic hydroxyl groups is 1. The van der Waals surface area contributed by atoms with Crippen molar-refractivity contribution in [2.45, 2.75) is 24.8 Å². The van der Waals surface area contributed by atoms with Gasteiger partial charge in [0.15, 0.2) is 9.84 Å². The minimum atomic E-state index is -3.12. The first kappa shape index (κ1) is 14.2. The third kappa shape index (κ3) is 3.80. The van der Waals surface area contributed by atoms with Crippen LogP contribution in [0.15, 0.2) is 29.2 Å². The maximum Gasteiger partial charge on any atom is 0.178 e. The second-order valence-electron chi connectivity index (χ2n) is 3.87. The predicted octanol–water partition coefficient (Wildman–Crippen LogP) is 1.12. The summed E-state index contributed by atoms with van der Waals surface area (Å²) in [5.41, 5.74) is 1.01. The van der Waals surface area contributed by atoms with Gasteiger partial charge in [0.1, 0.15) is 0 Å². The minimum Gasteiger partial charge on any atom is -0.395 e. The molecular formula is C12H19NO3S. The summed E-state index contributed by atoms with van der Waals surface area (Å²) in [6.07, 6.45) is 0. The van der Waals surface area contributed by atoms with Gasteiger partial charge < -0.3 is 10.4 Å². The molecule has 0 heterocycles. The standard InChI is InChI=1S/C12H19NO3S/c1-3-17(15,16)12-6-4-11(5-7-12)10(2)13-8-9-14/h4-7,10,13-14H,3,8-9H2,1-2H3. The van der Waals surface area contributed by atoms with Gasteiger partial charge in [0.25, 0.3) is 0 Å². The van der Waals surface area contributed by atoms with Crippen LogP contribution in [0.5, 0.6) is 0 Å². The van der Waals surface area contributed by atoms with E-state index in [0.29, 0.717) is 11.4 Å². The SMILES string of the molecule is CCS(=O)(=O)c1ccc(C(C)NCCO)cc1. The van der Waals surface area contributed by atoms with Crippen molar-refractivity contribution in [2.75, 3.05) is 18.9 Å². The van der Waals surface area contributed by atoms with Crippen molar-refractivity contribution in [3.05, 3.63) is 29.8 Å². The lowest BCUT2D eigenvalue weighted by molar-refractivity contribution is 0.286. The Morgan fingerprint density at radius 1 is 1.29 bits per heavy atom. The largest absolute Gasteiger partial charge is 0.395 e. The van der Waals surface area contributed by atoms with Crippen LogP contribution < -0.4 is 5.32 Å². The molecule has 1 aromatic carbocycles. The second-order valence-corrected chi connectivity index (χ2v) is 6.15. The Morgan fingerprint density at radius 2 is 1.88 bits per heavy atom. The molecule has 0 radical (unpaired) electrons. The van der Waals surface area contributed by atoms with Crippen molar-refractivity contribution in [1.29, 1.82) is 0 Å². The maximum absolute atomic E-state index is 11.6. The van der Waals surface area contributed by atoms with Crippen molar-refractivity contribution in [1.82, 2.24) is 5.32 Å². The molecule has 0 saturated carbocycles. The highest BCUT2D eigenvalue weighted by atomic mass is 32.2. The summed E-state index contributed by atoms with van der Waals surface area (Å²) in [5.74, 6) is 0.116. The molecule has 1 atom stereocenters.